The molecule has 27 heavy (non-hydrogen) atoms. The predicted molar refractivity (Wildman–Crippen MR) is 105 cm³/mol. The molecule has 1 aliphatic heterocycles. The van der Waals surface area contributed by atoms with E-state index in [9.17, 15) is 13.6 Å². The highest BCUT2D eigenvalue weighted by molar-refractivity contribution is 5.81. The molecule has 1 saturated heterocycles. The topological polar surface area (TPSA) is 23.6 Å². The van der Waals surface area contributed by atoms with Gasteiger partial charge >= 0.3 is 0 Å². The highest BCUT2D eigenvalue weighted by atomic mass is 19.1. The number of hydrogen-bond acceptors (Lipinski definition) is 3. The summed E-state index contributed by atoms with van der Waals surface area (Å²) in [5, 5.41) is 0. The second-order valence-corrected chi connectivity index (χ2v) is 7.48. The molecule has 0 bridgehead atoms. The minimum absolute atomic E-state index is 0.00861. The molecule has 1 fully saturated rings. The van der Waals surface area contributed by atoms with Gasteiger partial charge in [0.25, 0.3) is 0 Å². The van der Waals surface area contributed by atoms with E-state index in [0.717, 1.165) is 39.0 Å². The van der Waals surface area contributed by atoms with Crippen molar-refractivity contribution in [2.75, 3.05) is 32.7 Å². The van der Waals surface area contributed by atoms with Crippen molar-refractivity contribution < 1.29 is 13.6 Å². The van der Waals surface area contributed by atoms with Crippen molar-refractivity contribution in [1.29, 1.82) is 0 Å². The van der Waals surface area contributed by atoms with E-state index in [1.165, 1.54) is 31.4 Å². The standard InChI is InChI=1S/C22H28F2N2O/c1-2-3-4-10-25-11-13-26(14-12-25)22(17-27)9-8-20(21(24)16-22)18-6-5-7-19(23)15-18/h5-9,15,17H,2-4,10-14,16H2,1H3. The molecule has 1 aromatic rings. The summed E-state index contributed by atoms with van der Waals surface area (Å²) in [6.07, 6.45) is 7.93. The molecule has 146 valence electrons. The molecule has 5 heteroatoms. The molecule has 0 N–H and O–H groups in total. The Morgan fingerprint density at radius 2 is 1.93 bits per heavy atom. The van der Waals surface area contributed by atoms with Crippen LogP contribution in [0.1, 0.15) is 38.2 Å². The van der Waals surface area contributed by atoms with Gasteiger partial charge in [0, 0.05) is 38.2 Å². The van der Waals surface area contributed by atoms with E-state index in [2.05, 4.69) is 16.7 Å². The first-order valence-electron chi connectivity index (χ1n) is 9.85. The minimum atomic E-state index is -0.934. The maximum atomic E-state index is 14.9. The molecule has 3 rings (SSSR count). The molecular weight excluding hydrogens is 346 g/mol. The van der Waals surface area contributed by atoms with Crippen molar-refractivity contribution >= 4 is 11.9 Å². The summed E-state index contributed by atoms with van der Waals surface area (Å²) in [5.74, 6) is -0.756. The Labute approximate surface area is 160 Å². The van der Waals surface area contributed by atoms with Crippen LogP contribution in [0, 0.1) is 5.82 Å². The number of allylic oxidation sites excluding steroid dienone is 2. The highest BCUT2D eigenvalue weighted by Crippen LogP contribution is 2.36. The zero-order chi connectivity index (χ0) is 19.3. The van der Waals surface area contributed by atoms with E-state index in [4.69, 9.17) is 0 Å². The highest BCUT2D eigenvalue weighted by Gasteiger charge is 2.39. The van der Waals surface area contributed by atoms with Crippen molar-refractivity contribution in [3.8, 4) is 0 Å². The Morgan fingerprint density at radius 3 is 2.56 bits per heavy atom. The smallest absolute Gasteiger partial charge is 0.144 e. The molecule has 0 radical (unpaired) electrons. The van der Waals surface area contributed by atoms with Crippen LogP contribution in [0.15, 0.2) is 42.2 Å². The number of aldehydes is 1. The largest absolute Gasteiger partial charge is 0.301 e. The van der Waals surface area contributed by atoms with Crippen LogP contribution in [0.2, 0.25) is 0 Å². The third kappa shape index (κ3) is 4.53. The maximum absolute atomic E-state index is 14.9. The third-order valence-corrected chi connectivity index (χ3v) is 5.65. The van der Waals surface area contributed by atoms with E-state index >= 15 is 0 Å². The monoisotopic (exact) mass is 374 g/mol. The van der Waals surface area contributed by atoms with Crippen molar-refractivity contribution in [1.82, 2.24) is 9.80 Å². The summed E-state index contributed by atoms with van der Waals surface area (Å²) < 4.78 is 28.4. The second-order valence-electron chi connectivity index (χ2n) is 7.48. The third-order valence-electron chi connectivity index (χ3n) is 5.65. The van der Waals surface area contributed by atoms with Crippen LogP contribution in [0.3, 0.4) is 0 Å². The summed E-state index contributed by atoms with van der Waals surface area (Å²) in [4.78, 5) is 16.5. The molecule has 1 heterocycles. The lowest BCUT2D eigenvalue weighted by molar-refractivity contribution is -0.117. The quantitative estimate of drug-likeness (QED) is 0.528. The number of carbonyl (C=O) groups excluding carboxylic acids is 1. The molecule has 0 amide bonds. The van der Waals surface area contributed by atoms with Gasteiger partial charge in [0.2, 0.25) is 0 Å². The van der Waals surface area contributed by atoms with Gasteiger partial charge in [-0.15, -0.1) is 0 Å². The molecule has 1 aliphatic carbocycles. The number of nitrogens with zero attached hydrogens (tertiary/aromatic N) is 2. The van der Waals surface area contributed by atoms with E-state index in [1.54, 1.807) is 24.3 Å². The summed E-state index contributed by atoms with van der Waals surface area (Å²) in [7, 11) is 0. The molecule has 0 spiro atoms. The number of unbranched alkanes of at least 4 members (excludes halogenated alkanes) is 2. The summed E-state index contributed by atoms with van der Waals surface area (Å²) in [6.45, 7) is 6.57. The van der Waals surface area contributed by atoms with Gasteiger partial charge in [-0.2, -0.15) is 0 Å². The first-order chi connectivity index (χ1) is 13.1. The first kappa shape index (κ1) is 19.9. The number of hydrogen-bond donors (Lipinski definition) is 0. The molecule has 2 aliphatic rings. The summed E-state index contributed by atoms with van der Waals surface area (Å²) >= 11 is 0. The Kier molecular flexibility index (Phi) is 6.55. The number of benzene rings is 1. The Bertz CT molecular complexity index is 723. The molecule has 1 atom stereocenters. The van der Waals surface area contributed by atoms with E-state index in [1.807, 2.05) is 0 Å². The second kappa shape index (κ2) is 8.89. The SMILES string of the molecule is CCCCCN1CCN(C2(C=O)C=CC(c3cccc(F)c3)=C(F)C2)CC1. The maximum Gasteiger partial charge on any atom is 0.144 e. The van der Waals surface area contributed by atoms with Crippen LogP contribution in [0.5, 0.6) is 0 Å². The van der Waals surface area contributed by atoms with Crippen molar-refractivity contribution in [2.45, 2.75) is 38.1 Å². The fourth-order valence-corrected chi connectivity index (χ4v) is 3.98. The van der Waals surface area contributed by atoms with Gasteiger partial charge in [-0.3, -0.25) is 4.90 Å². The van der Waals surface area contributed by atoms with E-state index < -0.39 is 11.4 Å². The molecule has 1 aromatic carbocycles. The first-order valence-corrected chi connectivity index (χ1v) is 9.85. The normalized spacial score (nSPS) is 24.4. The number of halogens is 2. The summed E-state index contributed by atoms with van der Waals surface area (Å²) in [6, 6.07) is 5.91. The fraction of sp³-hybridized carbons (Fsp3) is 0.500. The van der Waals surface area contributed by atoms with Crippen LogP contribution in [-0.4, -0.2) is 54.3 Å². The number of piperazine rings is 1. The average molecular weight is 374 g/mol. The van der Waals surface area contributed by atoms with Gasteiger partial charge in [-0.25, -0.2) is 8.78 Å². The zero-order valence-electron chi connectivity index (χ0n) is 16.0. The van der Waals surface area contributed by atoms with Gasteiger partial charge in [0.1, 0.15) is 23.5 Å². The minimum Gasteiger partial charge on any atom is -0.301 e. The molecule has 1 unspecified atom stereocenters. The van der Waals surface area contributed by atoms with Gasteiger partial charge < -0.3 is 9.69 Å². The summed E-state index contributed by atoms with van der Waals surface area (Å²) in [5.41, 5.74) is -0.0645. The van der Waals surface area contributed by atoms with Crippen LogP contribution in [0.25, 0.3) is 5.57 Å². The van der Waals surface area contributed by atoms with E-state index in [0.29, 0.717) is 11.1 Å². The lowest BCUT2D eigenvalue weighted by atomic mass is 9.85. The predicted octanol–water partition coefficient (Wildman–Crippen LogP) is 4.21. The lowest BCUT2D eigenvalue weighted by Gasteiger charge is -2.44. The van der Waals surface area contributed by atoms with Crippen molar-refractivity contribution in [3.05, 3.63) is 53.6 Å². The van der Waals surface area contributed by atoms with Crippen LogP contribution in [0.4, 0.5) is 8.78 Å². The van der Waals surface area contributed by atoms with Gasteiger partial charge in [-0.1, -0.05) is 44.1 Å². The molecule has 0 saturated carbocycles. The van der Waals surface area contributed by atoms with Gasteiger partial charge in [0.15, 0.2) is 0 Å². The van der Waals surface area contributed by atoms with Gasteiger partial charge in [0.05, 0.1) is 0 Å². The lowest BCUT2D eigenvalue weighted by Crippen LogP contribution is -2.57. The molecular formula is C22H28F2N2O. The Morgan fingerprint density at radius 1 is 1.15 bits per heavy atom. The van der Waals surface area contributed by atoms with Crippen LogP contribution >= 0.6 is 0 Å². The van der Waals surface area contributed by atoms with Crippen molar-refractivity contribution in [3.63, 3.8) is 0 Å². The van der Waals surface area contributed by atoms with Crippen LogP contribution in [-0.2, 0) is 4.79 Å². The van der Waals surface area contributed by atoms with Gasteiger partial charge in [-0.05, 0) is 30.7 Å². The zero-order valence-corrected chi connectivity index (χ0v) is 16.0. The fourth-order valence-electron chi connectivity index (χ4n) is 3.98. The molecule has 3 nitrogen and oxygen atoms in total. The number of carbonyl (C=O) groups is 1. The Hall–Kier alpha value is -1.85. The average Bonchev–Trinajstić information content (AvgIpc) is 2.68. The Balaban J connectivity index is 1.68. The van der Waals surface area contributed by atoms with Crippen molar-refractivity contribution in [2.24, 2.45) is 0 Å². The molecule has 0 aromatic heterocycles. The van der Waals surface area contributed by atoms with E-state index in [-0.39, 0.29) is 12.2 Å². The number of rotatable bonds is 7. The van der Waals surface area contributed by atoms with Crippen LogP contribution < -0.4 is 0 Å².